The smallest absolute Gasteiger partial charge is 0.247 e. The van der Waals surface area contributed by atoms with E-state index in [9.17, 15) is 17.8 Å². The lowest BCUT2D eigenvalue weighted by molar-refractivity contribution is -0.892. The quantitative estimate of drug-likeness (QED) is 0.0679. The SMILES string of the molecule is C=CC(=O)NC[N+](C)(C)CCCN=C(N)N.COS(=O)(=O)[O-]. The maximum atomic E-state index is 11.0. The molecule has 5 N–H and O–H groups in total. The van der Waals surface area contributed by atoms with Gasteiger partial charge in [0.2, 0.25) is 16.3 Å². The lowest BCUT2D eigenvalue weighted by Gasteiger charge is -2.29. The fraction of sp³-hybridized carbons (Fsp3) is 0.636. The van der Waals surface area contributed by atoms with Crippen LogP contribution in [0.2, 0.25) is 0 Å². The van der Waals surface area contributed by atoms with Crippen molar-refractivity contribution in [2.24, 2.45) is 16.5 Å². The van der Waals surface area contributed by atoms with Crippen molar-refractivity contribution in [3.63, 3.8) is 0 Å². The molecule has 0 atom stereocenters. The van der Waals surface area contributed by atoms with Crippen LogP contribution in [0.4, 0.5) is 0 Å². The maximum absolute atomic E-state index is 11.0. The van der Waals surface area contributed by atoms with E-state index in [4.69, 9.17) is 11.5 Å². The summed E-state index contributed by atoms with van der Waals surface area (Å²) >= 11 is 0. The van der Waals surface area contributed by atoms with Crippen molar-refractivity contribution in [2.45, 2.75) is 6.42 Å². The summed E-state index contributed by atoms with van der Waals surface area (Å²) < 4.78 is 31.7. The molecule has 0 unspecified atom stereocenters. The Kier molecular flexibility index (Phi) is 11.2. The van der Waals surface area contributed by atoms with Crippen LogP contribution < -0.4 is 16.8 Å². The molecule has 0 radical (unpaired) electrons. The van der Waals surface area contributed by atoms with Gasteiger partial charge in [-0.05, 0) is 6.08 Å². The van der Waals surface area contributed by atoms with Crippen LogP contribution in [0.1, 0.15) is 6.42 Å². The fourth-order valence-corrected chi connectivity index (χ4v) is 1.15. The Morgan fingerprint density at radius 3 is 2.32 bits per heavy atom. The van der Waals surface area contributed by atoms with Crippen molar-refractivity contribution in [3.8, 4) is 0 Å². The van der Waals surface area contributed by atoms with Crippen molar-refractivity contribution in [1.29, 1.82) is 0 Å². The van der Waals surface area contributed by atoms with Gasteiger partial charge < -0.3 is 25.8 Å². The van der Waals surface area contributed by atoms with Gasteiger partial charge in [-0.1, -0.05) is 6.58 Å². The lowest BCUT2D eigenvalue weighted by Crippen LogP contribution is -2.48. The molecule has 0 rings (SSSR count). The number of rotatable bonds is 8. The zero-order valence-electron chi connectivity index (χ0n) is 13.1. The Labute approximate surface area is 131 Å². The topological polar surface area (TPSA) is 160 Å². The number of carbonyl (C=O) groups excluding carboxylic acids is 1. The lowest BCUT2D eigenvalue weighted by atomic mass is 10.3. The highest BCUT2D eigenvalue weighted by molar-refractivity contribution is 7.80. The Hall–Kier alpha value is -1.69. The minimum atomic E-state index is -4.41. The van der Waals surface area contributed by atoms with Crippen LogP contribution in [-0.2, 0) is 19.4 Å². The first kappa shape index (κ1) is 22.6. The normalized spacial score (nSPS) is 10.9. The highest BCUT2D eigenvalue weighted by Crippen LogP contribution is 1.97. The van der Waals surface area contributed by atoms with Gasteiger partial charge in [-0.25, -0.2) is 8.42 Å². The summed E-state index contributed by atoms with van der Waals surface area (Å²) in [6, 6.07) is 0. The van der Waals surface area contributed by atoms with E-state index in [1.165, 1.54) is 6.08 Å². The summed E-state index contributed by atoms with van der Waals surface area (Å²) in [5.74, 6) is -0.0410. The average Bonchev–Trinajstić information content (AvgIpc) is 2.41. The van der Waals surface area contributed by atoms with E-state index >= 15 is 0 Å². The van der Waals surface area contributed by atoms with Crippen LogP contribution in [0.3, 0.4) is 0 Å². The third-order valence-electron chi connectivity index (χ3n) is 2.29. The maximum Gasteiger partial charge on any atom is 0.247 e. The van der Waals surface area contributed by atoms with E-state index in [1.807, 2.05) is 14.1 Å². The van der Waals surface area contributed by atoms with Crippen LogP contribution in [-0.4, -0.2) is 70.3 Å². The first-order chi connectivity index (χ1) is 9.93. The van der Waals surface area contributed by atoms with E-state index in [0.29, 0.717) is 17.7 Å². The summed E-state index contributed by atoms with van der Waals surface area (Å²) in [7, 11) is 0.449. The third kappa shape index (κ3) is 18.3. The molecule has 10 nitrogen and oxygen atoms in total. The number of hydrogen-bond acceptors (Lipinski definition) is 6. The molecule has 0 aromatic rings. The second kappa shape index (κ2) is 11.0. The molecule has 0 spiro atoms. The molecular weight excluding hydrogens is 314 g/mol. The number of aliphatic imine (C=N–C) groups is 1. The van der Waals surface area contributed by atoms with Crippen molar-refractivity contribution in [3.05, 3.63) is 12.7 Å². The van der Waals surface area contributed by atoms with Crippen LogP contribution in [0.25, 0.3) is 0 Å². The Bertz CT molecular complexity index is 471. The van der Waals surface area contributed by atoms with E-state index in [-0.39, 0.29) is 11.9 Å². The number of nitrogens with one attached hydrogen (secondary N) is 1. The number of guanidine groups is 1. The predicted molar refractivity (Wildman–Crippen MR) is 82.2 cm³/mol. The van der Waals surface area contributed by atoms with E-state index in [2.05, 4.69) is 21.1 Å². The molecule has 0 saturated carbocycles. The number of nitrogens with zero attached hydrogens (tertiary/aromatic N) is 2. The van der Waals surface area contributed by atoms with Gasteiger partial charge in [0.25, 0.3) is 0 Å². The summed E-state index contributed by atoms with van der Waals surface area (Å²) in [6.45, 7) is 5.45. The first-order valence-corrected chi connectivity index (χ1v) is 7.56. The molecule has 0 saturated heterocycles. The Balaban J connectivity index is 0. The molecular formula is C11H25N5O5S. The van der Waals surface area contributed by atoms with Gasteiger partial charge in [0.1, 0.15) is 0 Å². The van der Waals surface area contributed by atoms with Gasteiger partial charge in [0.05, 0.1) is 27.7 Å². The molecule has 0 aliphatic carbocycles. The molecule has 0 heterocycles. The predicted octanol–water partition coefficient (Wildman–Crippen LogP) is -1.92. The van der Waals surface area contributed by atoms with Crippen molar-refractivity contribution in [2.75, 3.05) is 41.0 Å². The second-order valence-corrected chi connectivity index (χ2v) is 5.95. The zero-order chi connectivity index (χ0) is 17.8. The average molecular weight is 339 g/mol. The molecule has 0 aromatic heterocycles. The number of quaternary nitrogens is 1. The summed E-state index contributed by atoms with van der Waals surface area (Å²) in [5, 5.41) is 2.75. The Morgan fingerprint density at radius 2 is 1.95 bits per heavy atom. The van der Waals surface area contributed by atoms with E-state index in [1.54, 1.807) is 0 Å². The van der Waals surface area contributed by atoms with Gasteiger partial charge in [0, 0.05) is 13.0 Å². The van der Waals surface area contributed by atoms with E-state index < -0.39 is 10.4 Å². The molecule has 1 amide bonds. The summed E-state index contributed by atoms with van der Waals surface area (Å²) in [5.41, 5.74) is 10.4. The van der Waals surface area contributed by atoms with Crippen LogP contribution >= 0.6 is 0 Å². The van der Waals surface area contributed by atoms with Gasteiger partial charge in [-0.15, -0.1) is 0 Å². The monoisotopic (exact) mass is 339 g/mol. The number of carbonyl (C=O) groups is 1. The number of hydrogen-bond donors (Lipinski definition) is 3. The van der Waals surface area contributed by atoms with Crippen LogP contribution in [0.5, 0.6) is 0 Å². The highest BCUT2D eigenvalue weighted by Gasteiger charge is 2.14. The molecule has 0 fully saturated rings. The summed E-state index contributed by atoms with van der Waals surface area (Å²) in [6.07, 6.45) is 2.13. The number of amides is 1. The number of nitrogens with two attached hydrogens (primary N) is 2. The van der Waals surface area contributed by atoms with Crippen LogP contribution in [0, 0.1) is 0 Å². The Morgan fingerprint density at radius 1 is 1.45 bits per heavy atom. The molecule has 0 aliphatic heterocycles. The highest BCUT2D eigenvalue weighted by atomic mass is 32.3. The van der Waals surface area contributed by atoms with Crippen molar-refractivity contribution in [1.82, 2.24) is 5.32 Å². The molecule has 0 aliphatic rings. The van der Waals surface area contributed by atoms with Gasteiger partial charge >= 0.3 is 0 Å². The van der Waals surface area contributed by atoms with Crippen molar-refractivity contribution < 1.29 is 26.4 Å². The minimum Gasteiger partial charge on any atom is -0.726 e. The van der Waals surface area contributed by atoms with Crippen molar-refractivity contribution >= 4 is 22.3 Å². The zero-order valence-corrected chi connectivity index (χ0v) is 13.9. The molecule has 22 heavy (non-hydrogen) atoms. The van der Waals surface area contributed by atoms with Crippen LogP contribution in [0.15, 0.2) is 17.6 Å². The standard InChI is InChI=1S/C10H21N5O.CH4O4S/c1-4-9(16)14-8-15(2,3)7-5-6-13-10(11)12;1-5-6(2,3)4/h4H,1,5-8H2,2-3H3,(H4-,11,12,13,14,16);1H3,(H,2,3,4). The minimum absolute atomic E-state index is 0.116. The second-order valence-electron chi connectivity index (χ2n) is 4.80. The molecule has 0 aromatic carbocycles. The summed E-state index contributed by atoms with van der Waals surface area (Å²) in [4.78, 5) is 14.9. The molecule has 11 heteroatoms. The first-order valence-electron chi connectivity index (χ1n) is 6.22. The fourth-order valence-electron chi connectivity index (χ4n) is 1.15. The van der Waals surface area contributed by atoms with Gasteiger partial charge in [-0.3, -0.25) is 14.0 Å². The largest absolute Gasteiger partial charge is 0.726 e. The van der Waals surface area contributed by atoms with Gasteiger partial charge in [0.15, 0.2) is 12.6 Å². The van der Waals surface area contributed by atoms with Gasteiger partial charge in [-0.2, -0.15) is 0 Å². The molecule has 0 bridgehead atoms. The third-order valence-corrected chi connectivity index (χ3v) is 2.70. The van der Waals surface area contributed by atoms with E-state index in [0.717, 1.165) is 20.1 Å². The molecule has 130 valence electrons.